The fourth-order valence-electron chi connectivity index (χ4n) is 3.25. The minimum absolute atomic E-state index is 0.0527. The van der Waals surface area contributed by atoms with Crippen LogP contribution >= 0.6 is 0 Å². The van der Waals surface area contributed by atoms with E-state index in [1.165, 1.54) is 0 Å². The summed E-state index contributed by atoms with van der Waals surface area (Å²) in [5.41, 5.74) is 0. The van der Waals surface area contributed by atoms with Crippen LogP contribution in [0.4, 0.5) is 4.79 Å². The van der Waals surface area contributed by atoms with E-state index in [1.807, 2.05) is 6.92 Å². The first-order valence-electron chi connectivity index (χ1n) is 10.6. The summed E-state index contributed by atoms with van der Waals surface area (Å²) in [4.78, 5) is 18.9. The minimum Gasteiger partial charge on any atom is -0.450 e. The number of nitrogens with zero attached hydrogens (tertiary/aromatic N) is 2. The minimum atomic E-state index is -0.343. The Labute approximate surface area is 165 Å². The van der Waals surface area contributed by atoms with Crippen molar-refractivity contribution < 1.29 is 9.53 Å². The summed E-state index contributed by atoms with van der Waals surface area (Å²) in [5, 5.41) is 9.66. The maximum atomic E-state index is 11.7. The van der Waals surface area contributed by atoms with E-state index in [0.717, 1.165) is 44.9 Å². The molecule has 1 aliphatic rings. The number of alkyl carbamates (subject to hydrolysis) is 1. The molecule has 0 radical (unpaired) electrons. The zero-order chi connectivity index (χ0) is 20.2. The van der Waals surface area contributed by atoms with Gasteiger partial charge in [0.25, 0.3) is 0 Å². The van der Waals surface area contributed by atoms with E-state index in [2.05, 4.69) is 60.5 Å². The topological polar surface area (TPSA) is 78.0 Å². The average molecular weight is 384 g/mol. The van der Waals surface area contributed by atoms with Gasteiger partial charge in [0.05, 0.1) is 19.2 Å². The lowest BCUT2D eigenvalue weighted by Gasteiger charge is -2.30. The predicted molar refractivity (Wildman–Crippen MR) is 112 cm³/mol. The molecule has 158 valence electrons. The van der Waals surface area contributed by atoms with Crippen molar-refractivity contribution in [2.24, 2.45) is 10.9 Å². The average Bonchev–Trinajstić information content (AvgIpc) is 3.42. The SMILES string of the molecule is CCNC(=NCC(NC(=O)OCC)C1CC1)NCCCN(C(C)C)C(C)C. The quantitative estimate of drug-likeness (QED) is 0.274. The lowest BCUT2D eigenvalue weighted by molar-refractivity contribution is 0.147. The molecule has 1 unspecified atom stereocenters. The van der Waals surface area contributed by atoms with E-state index in [4.69, 9.17) is 4.74 Å². The summed E-state index contributed by atoms with van der Waals surface area (Å²) in [5.74, 6) is 1.33. The van der Waals surface area contributed by atoms with Gasteiger partial charge in [-0.05, 0) is 66.7 Å². The van der Waals surface area contributed by atoms with Crippen LogP contribution in [0.15, 0.2) is 4.99 Å². The molecule has 0 aliphatic heterocycles. The van der Waals surface area contributed by atoms with Crippen LogP contribution in [0.25, 0.3) is 0 Å². The molecular formula is C20H41N5O2. The summed E-state index contributed by atoms with van der Waals surface area (Å²) >= 11 is 0. The van der Waals surface area contributed by atoms with Crippen LogP contribution in [0, 0.1) is 5.92 Å². The largest absolute Gasteiger partial charge is 0.450 e. The molecule has 1 aliphatic carbocycles. The zero-order valence-corrected chi connectivity index (χ0v) is 18.2. The Balaban J connectivity index is 2.46. The third-order valence-electron chi connectivity index (χ3n) is 4.77. The van der Waals surface area contributed by atoms with Crippen LogP contribution in [0.2, 0.25) is 0 Å². The summed E-state index contributed by atoms with van der Waals surface area (Å²) in [7, 11) is 0. The number of nitrogens with one attached hydrogen (secondary N) is 3. The molecular weight excluding hydrogens is 342 g/mol. The van der Waals surface area contributed by atoms with Gasteiger partial charge in [-0.3, -0.25) is 9.89 Å². The number of carbonyl (C=O) groups excluding carboxylic acids is 1. The summed E-state index contributed by atoms with van der Waals surface area (Å²) in [6.07, 6.45) is 3.02. The second kappa shape index (κ2) is 12.8. The number of hydrogen-bond donors (Lipinski definition) is 3. The standard InChI is InChI=1S/C20H41N5O2/c1-7-21-19(22-12-9-13-25(15(3)4)16(5)6)23-14-18(17-10-11-17)24-20(26)27-8-2/h15-18H,7-14H2,1-6H3,(H,24,26)(H2,21,22,23). The maximum Gasteiger partial charge on any atom is 0.407 e. The Hall–Kier alpha value is -1.50. The fourth-order valence-corrected chi connectivity index (χ4v) is 3.25. The van der Waals surface area contributed by atoms with Crippen LogP contribution in [0.3, 0.4) is 0 Å². The highest BCUT2D eigenvalue weighted by Crippen LogP contribution is 2.32. The van der Waals surface area contributed by atoms with Crippen LogP contribution < -0.4 is 16.0 Å². The normalized spacial score (nSPS) is 16.0. The molecule has 7 nitrogen and oxygen atoms in total. The van der Waals surface area contributed by atoms with Crippen LogP contribution in [0.1, 0.15) is 60.8 Å². The van der Waals surface area contributed by atoms with E-state index in [0.29, 0.717) is 31.2 Å². The molecule has 0 aromatic rings. The smallest absolute Gasteiger partial charge is 0.407 e. The van der Waals surface area contributed by atoms with Crippen molar-refractivity contribution in [3.05, 3.63) is 0 Å². The van der Waals surface area contributed by atoms with Crippen molar-refractivity contribution in [3.63, 3.8) is 0 Å². The number of ether oxygens (including phenoxy) is 1. The van der Waals surface area contributed by atoms with Crippen LogP contribution in [-0.4, -0.2) is 67.9 Å². The molecule has 0 heterocycles. The predicted octanol–water partition coefficient (Wildman–Crippen LogP) is 2.58. The van der Waals surface area contributed by atoms with Gasteiger partial charge in [0.2, 0.25) is 0 Å². The molecule has 1 amide bonds. The maximum absolute atomic E-state index is 11.7. The van der Waals surface area contributed by atoms with Gasteiger partial charge in [0, 0.05) is 31.7 Å². The van der Waals surface area contributed by atoms with E-state index in [9.17, 15) is 4.79 Å². The van der Waals surface area contributed by atoms with Crippen molar-refractivity contribution in [1.82, 2.24) is 20.9 Å². The van der Waals surface area contributed by atoms with E-state index in [1.54, 1.807) is 0 Å². The van der Waals surface area contributed by atoms with Crippen molar-refractivity contribution >= 4 is 12.1 Å². The Bertz CT molecular complexity index is 442. The highest BCUT2D eigenvalue weighted by molar-refractivity contribution is 5.79. The molecule has 7 heteroatoms. The number of guanidine groups is 1. The molecule has 0 spiro atoms. The van der Waals surface area contributed by atoms with Gasteiger partial charge in [-0.25, -0.2) is 4.79 Å². The van der Waals surface area contributed by atoms with E-state index < -0.39 is 0 Å². The Morgan fingerprint density at radius 2 is 1.81 bits per heavy atom. The second-order valence-corrected chi connectivity index (χ2v) is 7.73. The number of aliphatic imine (C=N–C) groups is 1. The zero-order valence-electron chi connectivity index (χ0n) is 18.2. The Morgan fingerprint density at radius 3 is 2.33 bits per heavy atom. The van der Waals surface area contributed by atoms with Gasteiger partial charge >= 0.3 is 6.09 Å². The summed E-state index contributed by atoms with van der Waals surface area (Å²) in [6.45, 7) is 16.6. The third kappa shape index (κ3) is 9.84. The number of hydrogen-bond acceptors (Lipinski definition) is 4. The first kappa shape index (κ1) is 23.5. The van der Waals surface area contributed by atoms with Crippen LogP contribution in [-0.2, 0) is 4.74 Å². The Morgan fingerprint density at radius 1 is 1.15 bits per heavy atom. The number of carbonyl (C=O) groups is 1. The number of rotatable bonds is 12. The lowest BCUT2D eigenvalue weighted by Crippen LogP contribution is -2.43. The Kier molecular flexibility index (Phi) is 11.2. The van der Waals surface area contributed by atoms with Gasteiger partial charge in [-0.2, -0.15) is 0 Å². The molecule has 0 aromatic heterocycles. The molecule has 1 rings (SSSR count). The van der Waals surface area contributed by atoms with Crippen molar-refractivity contribution in [2.75, 3.05) is 32.8 Å². The highest BCUT2D eigenvalue weighted by Gasteiger charge is 2.32. The second-order valence-electron chi connectivity index (χ2n) is 7.73. The monoisotopic (exact) mass is 383 g/mol. The summed E-state index contributed by atoms with van der Waals surface area (Å²) < 4.78 is 5.01. The van der Waals surface area contributed by atoms with Gasteiger partial charge in [-0.1, -0.05) is 0 Å². The van der Waals surface area contributed by atoms with Crippen LogP contribution in [0.5, 0.6) is 0 Å². The van der Waals surface area contributed by atoms with Gasteiger partial charge in [0.15, 0.2) is 5.96 Å². The van der Waals surface area contributed by atoms with Crippen molar-refractivity contribution in [1.29, 1.82) is 0 Å². The van der Waals surface area contributed by atoms with Gasteiger partial charge < -0.3 is 20.7 Å². The van der Waals surface area contributed by atoms with Crippen molar-refractivity contribution in [2.45, 2.75) is 78.9 Å². The van der Waals surface area contributed by atoms with Gasteiger partial charge in [-0.15, -0.1) is 0 Å². The molecule has 1 fully saturated rings. The first-order chi connectivity index (χ1) is 12.9. The molecule has 3 N–H and O–H groups in total. The van der Waals surface area contributed by atoms with Gasteiger partial charge in [0.1, 0.15) is 0 Å². The summed E-state index contributed by atoms with van der Waals surface area (Å²) in [6, 6.07) is 1.16. The molecule has 0 saturated heterocycles. The molecule has 1 saturated carbocycles. The fraction of sp³-hybridized carbons (Fsp3) is 0.900. The molecule has 27 heavy (non-hydrogen) atoms. The van der Waals surface area contributed by atoms with E-state index in [-0.39, 0.29) is 12.1 Å². The number of amides is 1. The molecule has 1 atom stereocenters. The molecule has 0 bridgehead atoms. The first-order valence-corrected chi connectivity index (χ1v) is 10.6. The third-order valence-corrected chi connectivity index (χ3v) is 4.77. The van der Waals surface area contributed by atoms with Crippen molar-refractivity contribution in [3.8, 4) is 0 Å². The molecule has 0 aromatic carbocycles. The lowest BCUT2D eigenvalue weighted by atomic mass is 10.2. The highest BCUT2D eigenvalue weighted by atomic mass is 16.5. The van der Waals surface area contributed by atoms with E-state index >= 15 is 0 Å².